The van der Waals surface area contributed by atoms with Gasteiger partial charge < -0.3 is 14.2 Å². The molecule has 0 heterocycles. The molecular formula is C57H100O6. The first-order valence-electron chi connectivity index (χ1n) is 26.8. The molecule has 0 aliphatic carbocycles. The first kappa shape index (κ1) is 60.1. The van der Waals surface area contributed by atoms with Gasteiger partial charge in [-0.3, -0.25) is 14.4 Å². The van der Waals surface area contributed by atoms with Crippen LogP contribution in [0.4, 0.5) is 0 Å². The van der Waals surface area contributed by atoms with Crippen molar-refractivity contribution in [2.75, 3.05) is 13.2 Å². The average molecular weight is 881 g/mol. The van der Waals surface area contributed by atoms with Crippen molar-refractivity contribution in [2.24, 2.45) is 0 Å². The Morgan fingerprint density at radius 1 is 0.333 bits per heavy atom. The summed E-state index contributed by atoms with van der Waals surface area (Å²) in [5, 5.41) is 0. The molecule has 0 aromatic rings. The lowest BCUT2D eigenvalue weighted by molar-refractivity contribution is -0.167. The van der Waals surface area contributed by atoms with Crippen molar-refractivity contribution in [1.82, 2.24) is 0 Å². The van der Waals surface area contributed by atoms with Crippen LogP contribution in [-0.4, -0.2) is 37.2 Å². The number of carbonyl (C=O) groups is 3. The predicted octanol–water partition coefficient (Wildman–Crippen LogP) is 17.6. The van der Waals surface area contributed by atoms with Crippen LogP contribution < -0.4 is 0 Å². The number of esters is 3. The van der Waals surface area contributed by atoms with E-state index in [-0.39, 0.29) is 31.1 Å². The van der Waals surface area contributed by atoms with Gasteiger partial charge in [0.2, 0.25) is 0 Å². The molecule has 6 nitrogen and oxygen atoms in total. The number of unbranched alkanes of at least 4 members (excludes halogenated alkanes) is 27. The number of carbonyl (C=O) groups excluding carboxylic acids is 3. The molecule has 0 radical (unpaired) electrons. The average Bonchev–Trinajstić information content (AvgIpc) is 3.28. The largest absolute Gasteiger partial charge is 0.462 e. The van der Waals surface area contributed by atoms with Crippen LogP contribution in [0.5, 0.6) is 0 Å². The van der Waals surface area contributed by atoms with Gasteiger partial charge in [0.1, 0.15) is 13.2 Å². The molecule has 0 saturated carbocycles. The van der Waals surface area contributed by atoms with Crippen LogP contribution in [-0.2, 0) is 28.6 Å². The minimum Gasteiger partial charge on any atom is -0.462 e. The molecule has 0 unspecified atom stereocenters. The van der Waals surface area contributed by atoms with Crippen molar-refractivity contribution in [3.05, 3.63) is 60.8 Å². The highest BCUT2D eigenvalue weighted by molar-refractivity contribution is 5.71. The van der Waals surface area contributed by atoms with Gasteiger partial charge in [0.15, 0.2) is 6.10 Å². The Labute approximate surface area is 390 Å². The van der Waals surface area contributed by atoms with Crippen LogP contribution in [0.15, 0.2) is 60.8 Å². The molecule has 0 aromatic heterocycles. The van der Waals surface area contributed by atoms with Crippen LogP contribution >= 0.6 is 0 Å². The molecular weight excluding hydrogens is 781 g/mol. The summed E-state index contributed by atoms with van der Waals surface area (Å²) in [4.78, 5) is 38.0. The lowest BCUT2D eigenvalue weighted by Gasteiger charge is -2.18. The van der Waals surface area contributed by atoms with Crippen molar-refractivity contribution in [1.29, 1.82) is 0 Å². The molecule has 0 rings (SSSR count). The molecule has 0 fully saturated rings. The molecule has 6 heteroatoms. The van der Waals surface area contributed by atoms with Crippen molar-refractivity contribution < 1.29 is 28.6 Å². The number of hydrogen-bond acceptors (Lipinski definition) is 6. The molecule has 63 heavy (non-hydrogen) atoms. The fourth-order valence-corrected chi connectivity index (χ4v) is 7.49. The molecule has 0 spiro atoms. The number of hydrogen-bond donors (Lipinski definition) is 0. The van der Waals surface area contributed by atoms with Gasteiger partial charge in [-0.15, -0.1) is 0 Å². The molecule has 0 aromatic carbocycles. The molecule has 364 valence electrons. The summed E-state index contributed by atoms with van der Waals surface area (Å²) in [6.45, 7) is 6.49. The zero-order valence-electron chi connectivity index (χ0n) is 41.6. The Bertz CT molecular complexity index is 1150. The smallest absolute Gasteiger partial charge is 0.306 e. The van der Waals surface area contributed by atoms with Crippen molar-refractivity contribution >= 4 is 17.9 Å². The highest BCUT2D eigenvalue weighted by Crippen LogP contribution is 2.15. The summed E-state index contributed by atoms with van der Waals surface area (Å²) < 4.78 is 16.8. The minimum absolute atomic E-state index is 0.0835. The lowest BCUT2D eigenvalue weighted by atomic mass is 10.0. The lowest BCUT2D eigenvalue weighted by Crippen LogP contribution is -2.30. The first-order valence-corrected chi connectivity index (χ1v) is 26.8. The second-order valence-electron chi connectivity index (χ2n) is 17.8. The fraction of sp³-hybridized carbons (Fsp3) is 0.772. The summed E-state index contributed by atoms with van der Waals surface area (Å²) >= 11 is 0. The Kier molecular flexibility index (Phi) is 49.4. The Balaban J connectivity index is 4.41. The molecule has 0 aliphatic rings. The van der Waals surface area contributed by atoms with E-state index in [1.165, 1.54) is 103 Å². The number of rotatable bonds is 48. The van der Waals surface area contributed by atoms with E-state index in [4.69, 9.17) is 14.2 Å². The predicted molar refractivity (Wildman–Crippen MR) is 270 cm³/mol. The van der Waals surface area contributed by atoms with Crippen LogP contribution in [0.3, 0.4) is 0 Å². The normalized spacial score (nSPS) is 12.5. The van der Waals surface area contributed by atoms with Gasteiger partial charge in [0, 0.05) is 19.3 Å². The molecule has 0 N–H and O–H groups in total. The Hall–Kier alpha value is -2.89. The summed E-state index contributed by atoms with van der Waals surface area (Å²) in [6.07, 6.45) is 63.4. The maximum absolute atomic E-state index is 12.8. The van der Waals surface area contributed by atoms with Crippen LogP contribution in [0.2, 0.25) is 0 Å². The van der Waals surface area contributed by atoms with Crippen LogP contribution in [0.1, 0.15) is 265 Å². The maximum atomic E-state index is 12.8. The second-order valence-corrected chi connectivity index (χ2v) is 17.8. The number of ether oxygens (including phenoxy) is 3. The van der Waals surface area contributed by atoms with E-state index in [2.05, 4.69) is 81.5 Å². The standard InChI is InChI=1S/C57H100O6/c1-4-7-10-13-16-19-22-25-28-31-34-37-40-43-46-49-55(58)61-52-54(63-57(60)51-48-45-42-39-36-33-30-27-24-21-18-15-12-9-6-3)53-62-56(59)50-47-44-41-38-35-32-29-26-23-20-17-14-11-8-5-2/h7,10,16,18-19,21,25,27-28,30,54H,4-6,8-9,11-15,17,20,22-24,26,29,31-53H2,1-3H3/b10-7-,19-16-,21-18-,28-25-,30-27-/t54-/m1/s1. The summed E-state index contributed by atoms with van der Waals surface area (Å²) in [5.41, 5.74) is 0. The second kappa shape index (κ2) is 51.7. The first-order chi connectivity index (χ1) is 31.0. The van der Waals surface area contributed by atoms with Gasteiger partial charge >= 0.3 is 17.9 Å². The molecule has 0 aliphatic heterocycles. The topological polar surface area (TPSA) is 78.9 Å². The summed E-state index contributed by atoms with van der Waals surface area (Å²) in [6, 6.07) is 0. The van der Waals surface area contributed by atoms with Gasteiger partial charge in [-0.1, -0.05) is 223 Å². The van der Waals surface area contributed by atoms with E-state index in [0.29, 0.717) is 19.3 Å². The monoisotopic (exact) mass is 881 g/mol. The molecule has 0 bridgehead atoms. The van der Waals surface area contributed by atoms with Gasteiger partial charge in [-0.25, -0.2) is 0 Å². The highest BCUT2D eigenvalue weighted by atomic mass is 16.6. The van der Waals surface area contributed by atoms with E-state index in [9.17, 15) is 14.4 Å². The van der Waals surface area contributed by atoms with Gasteiger partial charge in [0.25, 0.3) is 0 Å². The molecule has 0 saturated heterocycles. The molecule has 1 atom stereocenters. The summed E-state index contributed by atoms with van der Waals surface area (Å²) in [7, 11) is 0. The van der Waals surface area contributed by atoms with Gasteiger partial charge in [0.05, 0.1) is 0 Å². The quantitative estimate of drug-likeness (QED) is 0.0262. The van der Waals surface area contributed by atoms with E-state index >= 15 is 0 Å². The van der Waals surface area contributed by atoms with Crippen LogP contribution in [0.25, 0.3) is 0 Å². The zero-order chi connectivity index (χ0) is 45.8. The van der Waals surface area contributed by atoms with Gasteiger partial charge in [-0.2, -0.15) is 0 Å². The minimum atomic E-state index is -0.786. The van der Waals surface area contributed by atoms with E-state index < -0.39 is 6.10 Å². The van der Waals surface area contributed by atoms with Crippen LogP contribution in [0, 0.1) is 0 Å². The van der Waals surface area contributed by atoms with Crippen molar-refractivity contribution in [3.8, 4) is 0 Å². The van der Waals surface area contributed by atoms with Crippen molar-refractivity contribution in [3.63, 3.8) is 0 Å². The highest BCUT2D eigenvalue weighted by Gasteiger charge is 2.19. The Morgan fingerprint density at radius 3 is 1.00 bits per heavy atom. The third kappa shape index (κ3) is 50.0. The number of allylic oxidation sites excluding steroid dienone is 10. The van der Waals surface area contributed by atoms with E-state index in [1.807, 2.05) is 0 Å². The van der Waals surface area contributed by atoms with E-state index in [0.717, 1.165) is 122 Å². The Morgan fingerprint density at radius 2 is 0.619 bits per heavy atom. The molecule has 0 amide bonds. The fourth-order valence-electron chi connectivity index (χ4n) is 7.49. The summed E-state index contributed by atoms with van der Waals surface area (Å²) in [5.74, 6) is -0.907. The maximum Gasteiger partial charge on any atom is 0.306 e. The SMILES string of the molecule is CC/C=C\C/C=C\C/C=C\CCCCCCCC(=O)OC[C@H](COC(=O)CCCCCCCCCCCCCCCCC)OC(=O)CCCCCCC/C=C\C/C=C\CCCCC. The van der Waals surface area contributed by atoms with Gasteiger partial charge in [-0.05, 0) is 83.5 Å². The third-order valence-electron chi connectivity index (χ3n) is 11.5. The third-order valence-corrected chi connectivity index (χ3v) is 11.5. The van der Waals surface area contributed by atoms with Crippen molar-refractivity contribution in [2.45, 2.75) is 271 Å². The zero-order valence-corrected chi connectivity index (χ0v) is 41.6. The van der Waals surface area contributed by atoms with E-state index in [1.54, 1.807) is 0 Å².